The van der Waals surface area contributed by atoms with Crippen LogP contribution < -0.4 is 0 Å². The third-order valence-electron chi connectivity index (χ3n) is 12.3. The number of fused-ring (bicyclic) bond motifs is 6. The number of aliphatic hydroxyl groups excluding tert-OH is 1. The fourth-order valence-corrected chi connectivity index (χ4v) is 10.1. The van der Waals surface area contributed by atoms with Crippen LogP contribution in [0.25, 0.3) is 0 Å². The summed E-state index contributed by atoms with van der Waals surface area (Å²) in [7, 11) is 0. The highest BCUT2D eigenvalue weighted by Crippen LogP contribution is 2.68. The van der Waals surface area contributed by atoms with Gasteiger partial charge in [-0.2, -0.15) is 0 Å². The molecule has 2 aliphatic heterocycles. The molecule has 2 saturated heterocycles. The summed E-state index contributed by atoms with van der Waals surface area (Å²) < 4.78 is 24.3. The van der Waals surface area contributed by atoms with Crippen molar-refractivity contribution in [2.24, 2.45) is 40.4 Å². The van der Waals surface area contributed by atoms with E-state index < -0.39 is 35.0 Å². The summed E-state index contributed by atoms with van der Waals surface area (Å²) in [6, 6.07) is 0. The van der Waals surface area contributed by atoms with Crippen LogP contribution in [0.2, 0.25) is 0 Å². The molecule has 0 aromatic carbocycles. The number of carbonyl (C=O) groups is 3. The second-order valence-corrected chi connectivity index (χ2v) is 14.2. The monoisotopic (exact) mass is 556 g/mol. The summed E-state index contributed by atoms with van der Waals surface area (Å²) >= 11 is 0. The number of hydrogen-bond acceptors (Lipinski definition) is 8. The van der Waals surface area contributed by atoms with Gasteiger partial charge in [0, 0.05) is 26.2 Å². The van der Waals surface area contributed by atoms with Gasteiger partial charge in [0.15, 0.2) is 11.4 Å². The molecule has 5 fully saturated rings. The summed E-state index contributed by atoms with van der Waals surface area (Å²) in [4.78, 5) is 37.6. The number of ketones is 1. The van der Waals surface area contributed by atoms with E-state index in [1.54, 1.807) is 12.2 Å². The lowest BCUT2D eigenvalue weighted by Crippen LogP contribution is -2.58. The number of hydrogen-bond donors (Lipinski definition) is 1. The van der Waals surface area contributed by atoms with E-state index in [-0.39, 0.29) is 59.0 Å². The maximum absolute atomic E-state index is 13.4. The smallest absolute Gasteiger partial charge is 0.305 e. The van der Waals surface area contributed by atoms with E-state index >= 15 is 0 Å². The third-order valence-corrected chi connectivity index (χ3v) is 12.3. The Hall–Kier alpha value is -2.03. The Bertz CT molecular complexity index is 1190. The summed E-state index contributed by atoms with van der Waals surface area (Å²) in [6.45, 7) is 13.4. The SMILES string of the molecule is CC(=O)OC1O[C@@H]([C@@H](C)[C@H]2C[C@H](OC(C)=O)[C@H]3[C@@H]4C[C@@H](O)C5=CC=CC(=O)[C@]5(C)[C@H]4CC[C@@]32C)C[C@]2(C)O[C@]12C. The first-order chi connectivity index (χ1) is 18.7. The highest BCUT2D eigenvalue weighted by Gasteiger charge is 2.74. The molecule has 0 aromatic rings. The Kier molecular flexibility index (Phi) is 6.31. The van der Waals surface area contributed by atoms with Crippen molar-refractivity contribution in [2.75, 3.05) is 0 Å². The number of carbonyl (C=O) groups excluding carboxylic acids is 3. The second-order valence-electron chi connectivity index (χ2n) is 14.2. The lowest BCUT2D eigenvalue weighted by atomic mass is 9.46. The molecule has 8 nitrogen and oxygen atoms in total. The zero-order valence-electron chi connectivity index (χ0n) is 24.8. The van der Waals surface area contributed by atoms with Crippen molar-refractivity contribution in [3.8, 4) is 0 Å². The van der Waals surface area contributed by atoms with Crippen LogP contribution >= 0.6 is 0 Å². The minimum absolute atomic E-state index is 0.0141. The zero-order chi connectivity index (χ0) is 29.0. The Labute approximate surface area is 236 Å². The lowest BCUT2D eigenvalue weighted by Gasteiger charge is -2.58. The number of ether oxygens (including phenoxy) is 4. The van der Waals surface area contributed by atoms with Crippen molar-refractivity contribution in [3.63, 3.8) is 0 Å². The Balaban J connectivity index is 1.33. The maximum atomic E-state index is 13.4. The van der Waals surface area contributed by atoms with E-state index in [1.807, 2.05) is 19.9 Å². The predicted octanol–water partition coefficient (Wildman–Crippen LogP) is 4.28. The molecule has 220 valence electrons. The van der Waals surface area contributed by atoms with Crippen LogP contribution in [-0.2, 0) is 33.3 Å². The van der Waals surface area contributed by atoms with Gasteiger partial charge in [-0.1, -0.05) is 26.0 Å². The molecular formula is C32H44O8. The molecule has 0 aromatic heterocycles. The molecule has 6 rings (SSSR count). The average molecular weight is 557 g/mol. The van der Waals surface area contributed by atoms with Crippen molar-refractivity contribution in [2.45, 2.75) is 116 Å². The average Bonchev–Trinajstić information content (AvgIpc) is 3.31. The van der Waals surface area contributed by atoms with Gasteiger partial charge < -0.3 is 24.1 Å². The van der Waals surface area contributed by atoms with Crippen LogP contribution in [-0.4, -0.2) is 58.6 Å². The van der Waals surface area contributed by atoms with E-state index in [1.165, 1.54) is 13.8 Å². The van der Waals surface area contributed by atoms with Crippen molar-refractivity contribution in [1.29, 1.82) is 0 Å². The first-order valence-electron chi connectivity index (χ1n) is 15.0. The number of allylic oxidation sites excluding steroid dienone is 3. The molecule has 8 heteroatoms. The van der Waals surface area contributed by atoms with Gasteiger partial charge in [0.05, 0.1) is 17.6 Å². The molecule has 13 atom stereocenters. The molecule has 0 radical (unpaired) electrons. The fourth-order valence-electron chi connectivity index (χ4n) is 10.1. The van der Waals surface area contributed by atoms with Crippen molar-refractivity contribution in [3.05, 3.63) is 23.8 Å². The van der Waals surface area contributed by atoms with E-state index in [0.29, 0.717) is 19.3 Å². The Morgan fingerprint density at radius 3 is 2.48 bits per heavy atom. The molecule has 2 heterocycles. The molecule has 40 heavy (non-hydrogen) atoms. The predicted molar refractivity (Wildman–Crippen MR) is 145 cm³/mol. The van der Waals surface area contributed by atoms with Gasteiger partial charge in [-0.05, 0) is 87.2 Å². The Morgan fingerprint density at radius 2 is 1.80 bits per heavy atom. The van der Waals surface area contributed by atoms with Crippen LogP contribution in [0.5, 0.6) is 0 Å². The highest BCUT2D eigenvalue weighted by molar-refractivity contribution is 5.99. The third kappa shape index (κ3) is 3.77. The topological polar surface area (TPSA) is 112 Å². The normalized spacial score (nSPS) is 51.4. The lowest BCUT2D eigenvalue weighted by molar-refractivity contribution is -0.225. The molecule has 1 unspecified atom stereocenters. The number of rotatable bonds is 4. The zero-order valence-corrected chi connectivity index (χ0v) is 24.8. The summed E-state index contributed by atoms with van der Waals surface area (Å²) in [5.41, 5.74) is -1.19. The van der Waals surface area contributed by atoms with Crippen LogP contribution in [0.1, 0.15) is 80.6 Å². The molecule has 0 spiro atoms. The highest BCUT2D eigenvalue weighted by atomic mass is 16.8. The van der Waals surface area contributed by atoms with Gasteiger partial charge in [0.2, 0.25) is 6.29 Å². The molecule has 6 aliphatic rings. The maximum Gasteiger partial charge on any atom is 0.305 e. The molecular weight excluding hydrogens is 512 g/mol. The van der Waals surface area contributed by atoms with E-state index in [2.05, 4.69) is 20.8 Å². The first-order valence-corrected chi connectivity index (χ1v) is 15.0. The minimum atomic E-state index is -0.773. The molecule has 1 N–H and O–H groups in total. The fraction of sp³-hybridized carbons (Fsp3) is 0.781. The van der Waals surface area contributed by atoms with Gasteiger partial charge in [0.25, 0.3) is 0 Å². The molecule has 4 aliphatic carbocycles. The first kappa shape index (κ1) is 28.1. The van der Waals surface area contributed by atoms with Crippen LogP contribution in [0.4, 0.5) is 0 Å². The largest absolute Gasteiger partial charge is 0.462 e. The van der Waals surface area contributed by atoms with E-state index in [4.69, 9.17) is 18.9 Å². The summed E-state index contributed by atoms with van der Waals surface area (Å²) in [5.74, 6) is -0.273. The Morgan fingerprint density at radius 1 is 1.10 bits per heavy atom. The van der Waals surface area contributed by atoms with Gasteiger partial charge in [0.1, 0.15) is 11.7 Å². The van der Waals surface area contributed by atoms with Crippen molar-refractivity contribution >= 4 is 17.7 Å². The van der Waals surface area contributed by atoms with Gasteiger partial charge >= 0.3 is 11.9 Å². The minimum Gasteiger partial charge on any atom is -0.462 e. The van der Waals surface area contributed by atoms with Crippen molar-refractivity contribution in [1.82, 2.24) is 0 Å². The number of aliphatic hydroxyl groups is 1. The van der Waals surface area contributed by atoms with Crippen LogP contribution in [0.3, 0.4) is 0 Å². The standard InChI is InChI=1S/C32H44O8/c1-16(25-15-30(5)32(7,40-30)28(39-25)38-18(3)34)22-14-24(37-17(2)33)27-19-13-23(35)21-9-8-10-26(36)31(21,6)20(19)11-12-29(22,27)4/h8-10,16,19-20,22-25,27-28,35H,11-15H2,1-7H3/t16-,19+,20-,22+,23+,24-,25+,27+,28?,29+,30-,31+,32+/m0/s1. The van der Waals surface area contributed by atoms with Crippen LogP contribution in [0, 0.1) is 40.4 Å². The summed E-state index contributed by atoms with van der Waals surface area (Å²) in [6.07, 6.45) is 7.06. The molecule has 0 amide bonds. The molecule has 3 saturated carbocycles. The molecule has 0 bridgehead atoms. The van der Waals surface area contributed by atoms with Gasteiger partial charge in [-0.25, -0.2) is 0 Å². The van der Waals surface area contributed by atoms with Gasteiger partial charge in [-0.3, -0.25) is 14.4 Å². The quantitative estimate of drug-likeness (QED) is 0.403. The van der Waals surface area contributed by atoms with E-state index in [9.17, 15) is 19.5 Å². The van der Waals surface area contributed by atoms with Crippen molar-refractivity contribution < 1.29 is 38.4 Å². The summed E-state index contributed by atoms with van der Waals surface area (Å²) in [5, 5.41) is 11.3. The van der Waals surface area contributed by atoms with Crippen LogP contribution in [0.15, 0.2) is 23.8 Å². The number of esters is 2. The number of epoxide rings is 1. The van der Waals surface area contributed by atoms with Gasteiger partial charge in [-0.15, -0.1) is 0 Å². The second kappa shape index (κ2) is 8.98. The van der Waals surface area contributed by atoms with E-state index in [0.717, 1.165) is 18.4 Å².